The summed E-state index contributed by atoms with van der Waals surface area (Å²) in [6.07, 6.45) is 0. The second-order valence-corrected chi connectivity index (χ2v) is 9.90. The van der Waals surface area contributed by atoms with Crippen LogP contribution >= 0.6 is 15.9 Å². The third-order valence-corrected chi connectivity index (χ3v) is 4.21. The molecule has 0 amide bonds. The van der Waals surface area contributed by atoms with Crippen molar-refractivity contribution < 1.29 is 4.39 Å². The van der Waals surface area contributed by atoms with Crippen molar-refractivity contribution in [2.45, 2.75) is 19.6 Å². The minimum atomic E-state index is -1.37. The summed E-state index contributed by atoms with van der Waals surface area (Å²) in [5.41, 5.74) is 0. The molecule has 3 heteroatoms. The summed E-state index contributed by atoms with van der Waals surface area (Å²) in [5, 5.41) is 1.15. The average molecular weight is 247 g/mol. The topological polar surface area (TPSA) is 0 Å². The Morgan fingerprint density at radius 1 is 1.17 bits per heavy atom. The molecule has 66 valence electrons. The molecule has 0 fully saturated rings. The number of benzene rings is 1. The molecular formula is C9H12BrFSi. The van der Waals surface area contributed by atoms with Crippen molar-refractivity contribution in [1.82, 2.24) is 0 Å². The second-order valence-electron chi connectivity index (χ2n) is 3.91. The first kappa shape index (κ1) is 9.93. The molecule has 0 aliphatic carbocycles. The fraction of sp³-hybridized carbons (Fsp3) is 0.333. The van der Waals surface area contributed by atoms with E-state index >= 15 is 0 Å². The largest absolute Gasteiger partial charge is 0.207 e. The monoisotopic (exact) mass is 246 g/mol. The van der Waals surface area contributed by atoms with E-state index in [-0.39, 0.29) is 5.82 Å². The van der Waals surface area contributed by atoms with Gasteiger partial charge in [-0.05, 0) is 18.2 Å². The van der Waals surface area contributed by atoms with Gasteiger partial charge in [0.15, 0.2) is 0 Å². The molecule has 0 aliphatic rings. The number of hydrogen-bond donors (Lipinski definition) is 0. The molecule has 0 atom stereocenters. The van der Waals surface area contributed by atoms with E-state index < -0.39 is 8.07 Å². The molecule has 12 heavy (non-hydrogen) atoms. The maximum atomic E-state index is 13.0. The first-order chi connectivity index (χ1) is 5.39. The Bertz CT molecular complexity index is 271. The zero-order chi connectivity index (χ0) is 9.35. The molecule has 0 N–H and O–H groups in total. The average Bonchev–Trinajstić information content (AvgIpc) is 1.82. The number of rotatable bonds is 1. The van der Waals surface area contributed by atoms with Crippen LogP contribution in [-0.2, 0) is 0 Å². The van der Waals surface area contributed by atoms with Gasteiger partial charge in [-0.15, -0.1) is 0 Å². The predicted octanol–water partition coefficient (Wildman–Crippen LogP) is 3.13. The van der Waals surface area contributed by atoms with Gasteiger partial charge in [0.25, 0.3) is 0 Å². The molecule has 0 saturated carbocycles. The third-order valence-electron chi connectivity index (χ3n) is 1.73. The Hall–Kier alpha value is -0.153. The SMILES string of the molecule is C[Si](C)(C)c1cc(F)cc(Br)c1. The van der Waals surface area contributed by atoms with Crippen LogP contribution in [0.1, 0.15) is 0 Å². The van der Waals surface area contributed by atoms with Gasteiger partial charge in [0.1, 0.15) is 5.82 Å². The first-order valence-corrected chi connectivity index (χ1v) is 8.15. The highest BCUT2D eigenvalue weighted by Gasteiger charge is 2.17. The zero-order valence-corrected chi connectivity index (χ0v) is 10.1. The van der Waals surface area contributed by atoms with Crippen molar-refractivity contribution in [3.05, 3.63) is 28.5 Å². The molecule has 0 spiro atoms. The summed E-state index contributed by atoms with van der Waals surface area (Å²) >= 11 is 3.29. The Labute approximate surface area is 81.9 Å². The van der Waals surface area contributed by atoms with Crippen LogP contribution in [0.25, 0.3) is 0 Å². The minimum Gasteiger partial charge on any atom is -0.207 e. The van der Waals surface area contributed by atoms with Crippen LogP contribution in [0.4, 0.5) is 4.39 Å². The molecule has 1 aromatic rings. The molecule has 0 aromatic heterocycles. The van der Waals surface area contributed by atoms with Crippen molar-refractivity contribution in [3.8, 4) is 0 Å². The van der Waals surface area contributed by atoms with E-state index in [9.17, 15) is 4.39 Å². The third kappa shape index (κ3) is 2.42. The molecule has 0 aliphatic heterocycles. The molecule has 0 nitrogen and oxygen atoms in total. The lowest BCUT2D eigenvalue weighted by Gasteiger charge is -2.16. The smallest absolute Gasteiger partial charge is 0.124 e. The van der Waals surface area contributed by atoms with Gasteiger partial charge in [0, 0.05) is 4.47 Å². The summed E-state index contributed by atoms with van der Waals surface area (Å²) < 4.78 is 13.8. The molecule has 0 heterocycles. The van der Waals surface area contributed by atoms with Crippen LogP contribution in [0.3, 0.4) is 0 Å². The van der Waals surface area contributed by atoms with Crippen molar-refractivity contribution in [2.75, 3.05) is 0 Å². The molecule has 0 radical (unpaired) electrons. The summed E-state index contributed by atoms with van der Waals surface area (Å²) in [6, 6.07) is 5.13. The van der Waals surface area contributed by atoms with Gasteiger partial charge in [-0.3, -0.25) is 0 Å². The summed E-state index contributed by atoms with van der Waals surface area (Å²) in [7, 11) is -1.37. The highest BCUT2D eigenvalue weighted by Crippen LogP contribution is 2.12. The van der Waals surface area contributed by atoms with Gasteiger partial charge in [0.05, 0.1) is 8.07 Å². The molecule has 0 unspecified atom stereocenters. The van der Waals surface area contributed by atoms with Gasteiger partial charge < -0.3 is 0 Å². The van der Waals surface area contributed by atoms with E-state index in [1.54, 1.807) is 6.07 Å². The maximum absolute atomic E-state index is 13.0. The van der Waals surface area contributed by atoms with Crippen LogP contribution in [0.2, 0.25) is 19.6 Å². The Kier molecular flexibility index (Phi) is 2.73. The van der Waals surface area contributed by atoms with Gasteiger partial charge in [0.2, 0.25) is 0 Å². The Morgan fingerprint density at radius 2 is 1.75 bits per heavy atom. The molecule has 0 saturated heterocycles. The Balaban J connectivity index is 3.18. The van der Waals surface area contributed by atoms with Gasteiger partial charge in [-0.1, -0.05) is 40.8 Å². The van der Waals surface area contributed by atoms with E-state index in [2.05, 4.69) is 35.6 Å². The normalized spacial score (nSPS) is 11.8. The maximum Gasteiger partial charge on any atom is 0.124 e. The quantitative estimate of drug-likeness (QED) is 0.669. The van der Waals surface area contributed by atoms with Crippen LogP contribution in [0, 0.1) is 5.82 Å². The highest BCUT2D eigenvalue weighted by molar-refractivity contribution is 9.10. The molecule has 1 rings (SSSR count). The summed E-state index contributed by atoms with van der Waals surface area (Å²) in [4.78, 5) is 0. The lowest BCUT2D eigenvalue weighted by atomic mass is 10.3. The van der Waals surface area contributed by atoms with E-state index in [4.69, 9.17) is 0 Å². The van der Waals surface area contributed by atoms with Gasteiger partial charge in [-0.25, -0.2) is 4.39 Å². The predicted molar refractivity (Wildman–Crippen MR) is 57.1 cm³/mol. The van der Waals surface area contributed by atoms with Crippen molar-refractivity contribution in [3.63, 3.8) is 0 Å². The number of halogens is 2. The second kappa shape index (κ2) is 3.30. The highest BCUT2D eigenvalue weighted by atomic mass is 79.9. The van der Waals surface area contributed by atoms with E-state index in [1.165, 1.54) is 6.07 Å². The van der Waals surface area contributed by atoms with Crippen molar-refractivity contribution >= 4 is 29.2 Å². The summed E-state index contributed by atoms with van der Waals surface area (Å²) in [5.74, 6) is -0.151. The van der Waals surface area contributed by atoms with Crippen LogP contribution in [0.15, 0.2) is 22.7 Å². The van der Waals surface area contributed by atoms with Gasteiger partial charge in [-0.2, -0.15) is 0 Å². The van der Waals surface area contributed by atoms with E-state index in [1.807, 2.05) is 6.07 Å². The lowest BCUT2D eigenvalue weighted by Crippen LogP contribution is -2.37. The molecular weight excluding hydrogens is 235 g/mol. The van der Waals surface area contributed by atoms with Gasteiger partial charge >= 0.3 is 0 Å². The fourth-order valence-corrected chi connectivity index (χ4v) is 2.82. The number of hydrogen-bond acceptors (Lipinski definition) is 0. The van der Waals surface area contributed by atoms with Crippen LogP contribution < -0.4 is 5.19 Å². The van der Waals surface area contributed by atoms with E-state index in [0.717, 1.165) is 9.66 Å². The summed E-state index contributed by atoms with van der Waals surface area (Å²) in [6.45, 7) is 6.61. The molecule has 1 aromatic carbocycles. The van der Waals surface area contributed by atoms with E-state index in [0.29, 0.717) is 0 Å². The zero-order valence-electron chi connectivity index (χ0n) is 7.49. The standard InChI is InChI=1S/C9H12BrFSi/c1-12(2,3)9-5-7(10)4-8(11)6-9/h4-6H,1-3H3. The fourth-order valence-electron chi connectivity index (χ4n) is 0.987. The van der Waals surface area contributed by atoms with Crippen molar-refractivity contribution in [1.29, 1.82) is 0 Å². The molecule has 0 bridgehead atoms. The first-order valence-electron chi connectivity index (χ1n) is 3.86. The Morgan fingerprint density at radius 3 is 2.17 bits per heavy atom. The minimum absolute atomic E-state index is 0.151. The van der Waals surface area contributed by atoms with Crippen LogP contribution in [0.5, 0.6) is 0 Å². The van der Waals surface area contributed by atoms with Crippen molar-refractivity contribution in [2.24, 2.45) is 0 Å². The van der Waals surface area contributed by atoms with Crippen LogP contribution in [-0.4, -0.2) is 8.07 Å². The lowest BCUT2D eigenvalue weighted by molar-refractivity contribution is 0.628.